The minimum atomic E-state index is -0.233. The molecule has 1 aromatic carbocycles. The first-order valence-corrected chi connectivity index (χ1v) is 7.74. The first-order chi connectivity index (χ1) is 9.61. The molecule has 1 unspecified atom stereocenters. The smallest absolute Gasteiger partial charge is 0.227 e. The number of benzene rings is 1. The Morgan fingerprint density at radius 3 is 2.75 bits per heavy atom. The summed E-state index contributed by atoms with van der Waals surface area (Å²) in [4.78, 5) is 25.7. The van der Waals surface area contributed by atoms with Gasteiger partial charge in [0.15, 0.2) is 0 Å². The third-order valence-electron chi connectivity index (χ3n) is 3.46. The molecule has 1 aromatic rings. The monoisotopic (exact) mass is 338 g/mol. The molecule has 1 fully saturated rings. The molecule has 1 N–H and O–H groups in total. The fraction of sp³-hybridized carbons (Fsp3) is 0.467. The van der Waals surface area contributed by atoms with E-state index in [1.807, 2.05) is 24.3 Å². The van der Waals surface area contributed by atoms with Crippen molar-refractivity contribution in [3.8, 4) is 0 Å². The number of nitrogens with zero attached hydrogens (tertiary/aromatic N) is 1. The summed E-state index contributed by atoms with van der Waals surface area (Å²) >= 11 is 3.37. The maximum absolute atomic E-state index is 12.0. The number of amides is 2. The van der Waals surface area contributed by atoms with E-state index in [4.69, 9.17) is 0 Å². The summed E-state index contributed by atoms with van der Waals surface area (Å²) in [5, 5.41) is 2.90. The van der Waals surface area contributed by atoms with Crippen LogP contribution >= 0.6 is 15.9 Å². The molecule has 20 heavy (non-hydrogen) atoms. The molecule has 1 saturated heterocycles. The summed E-state index contributed by atoms with van der Waals surface area (Å²) in [5.41, 5.74) is 0.849. The molecule has 0 saturated carbocycles. The molecule has 1 heterocycles. The Balaban J connectivity index is 1.96. The summed E-state index contributed by atoms with van der Waals surface area (Å²) in [6.45, 7) is 3.25. The first-order valence-electron chi connectivity index (χ1n) is 6.95. The number of anilines is 1. The van der Waals surface area contributed by atoms with Gasteiger partial charge in [-0.1, -0.05) is 29.3 Å². The van der Waals surface area contributed by atoms with Gasteiger partial charge in [0, 0.05) is 29.7 Å². The van der Waals surface area contributed by atoms with E-state index in [0.29, 0.717) is 19.5 Å². The lowest BCUT2D eigenvalue weighted by molar-refractivity contribution is -0.126. The minimum Gasteiger partial charge on any atom is -0.356 e. The van der Waals surface area contributed by atoms with Gasteiger partial charge in [0.2, 0.25) is 11.8 Å². The van der Waals surface area contributed by atoms with E-state index in [1.54, 1.807) is 4.90 Å². The SMILES string of the molecule is CCCCNC(=O)C1CC(=O)N(c2ccc(Br)cc2)C1. The molecule has 0 spiro atoms. The van der Waals surface area contributed by atoms with Gasteiger partial charge in [0.25, 0.3) is 0 Å². The Bertz CT molecular complexity index is 487. The number of carbonyl (C=O) groups excluding carboxylic acids is 2. The highest BCUT2D eigenvalue weighted by molar-refractivity contribution is 9.10. The van der Waals surface area contributed by atoms with Crippen molar-refractivity contribution in [3.05, 3.63) is 28.7 Å². The number of carbonyl (C=O) groups is 2. The fourth-order valence-corrected chi connectivity index (χ4v) is 2.55. The summed E-state index contributed by atoms with van der Waals surface area (Å²) in [6, 6.07) is 7.58. The molecular formula is C15H19BrN2O2. The molecule has 2 rings (SSSR count). The number of nitrogens with one attached hydrogen (secondary N) is 1. The van der Waals surface area contributed by atoms with Gasteiger partial charge in [-0.05, 0) is 30.7 Å². The number of halogens is 1. The lowest BCUT2D eigenvalue weighted by atomic mass is 10.1. The van der Waals surface area contributed by atoms with Crippen LogP contribution in [-0.4, -0.2) is 24.9 Å². The Hall–Kier alpha value is -1.36. The van der Waals surface area contributed by atoms with E-state index in [9.17, 15) is 9.59 Å². The maximum Gasteiger partial charge on any atom is 0.227 e. The summed E-state index contributed by atoms with van der Waals surface area (Å²) in [5.74, 6) is -0.225. The Morgan fingerprint density at radius 2 is 2.10 bits per heavy atom. The molecule has 1 aliphatic rings. The van der Waals surface area contributed by atoms with Crippen LogP contribution in [0.25, 0.3) is 0 Å². The molecule has 1 aliphatic heterocycles. The molecule has 0 aliphatic carbocycles. The second-order valence-corrected chi connectivity index (χ2v) is 5.94. The molecule has 0 bridgehead atoms. The predicted molar refractivity (Wildman–Crippen MR) is 82.5 cm³/mol. The summed E-state index contributed by atoms with van der Waals surface area (Å²) < 4.78 is 0.974. The Labute approximate surface area is 127 Å². The molecule has 4 nitrogen and oxygen atoms in total. The van der Waals surface area contributed by atoms with Crippen LogP contribution in [0.1, 0.15) is 26.2 Å². The highest BCUT2D eigenvalue weighted by Crippen LogP contribution is 2.26. The van der Waals surface area contributed by atoms with Crippen molar-refractivity contribution >= 4 is 33.4 Å². The van der Waals surface area contributed by atoms with Crippen LogP contribution < -0.4 is 10.2 Å². The van der Waals surface area contributed by atoms with Crippen molar-refractivity contribution in [2.45, 2.75) is 26.2 Å². The number of hydrogen-bond donors (Lipinski definition) is 1. The maximum atomic E-state index is 12.0. The zero-order chi connectivity index (χ0) is 14.5. The van der Waals surface area contributed by atoms with Gasteiger partial charge in [-0.25, -0.2) is 0 Å². The zero-order valence-corrected chi connectivity index (χ0v) is 13.1. The average Bonchev–Trinajstić information content (AvgIpc) is 2.82. The van der Waals surface area contributed by atoms with E-state index in [1.165, 1.54) is 0 Å². The van der Waals surface area contributed by atoms with E-state index < -0.39 is 0 Å². The van der Waals surface area contributed by atoms with Gasteiger partial charge < -0.3 is 10.2 Å². The van der Waals surface area contributed by atoms with Gasteiger partial charge in [0.1, 0.15) is 0 Å². The van der Waals surface area contributed by atoms with E-state index >= 15 is 0 Å². The zero-order valence-electron chi connectivity index (χ0n) is 11.6. The van der Waals surface area contributed by atoms with Crippen LogP contribution in [0.4, 0.5) is 5.69 Å². The van der Waals surface area contributed by atoms with Crippen molar-refractivity contribution in [3.63, 3.8) is 0 Å². The summed E-state index contributed by atoms with van der Waals surface area (Å²) in [6.07, 6.45) is 2.33. The van der Waals surface area contributed by atoms with Crippen LogP contribution in [0.15, 0.2) is 28.7 Å². The lowest BCUT2D eigenvalue weighted by Crippen LogP contribution is -2.33. The van der Waals surface area contributed by atoms with Crippen LogP contribution in [-0.2, 0) is 9.59 Å². The molecule has 108 valence electrons. The van der Waals surface area contributed by atoms with Crippen molar-refractivity contribution < 1.29 is 9.59 Å². The van der Waals surface area contributed by atoms with Crippen molar-refractivity contribution in [1.29, 1.82) is 0 Å². The highest BCUT2D eigenvalue weighted by atomic mass is 79.9. The molecular weight excluding hydrogens is 320 g/mol. The standard InChI is InChI=1S/C15H19BrN2O2/c1-2-3-8-17-15(20)11-9-14(19)18(10-11)13-6-4-12(16)5-7-13/h4-7,11H,2-3,8-10H2,1H3,(H,17,20). The number of hydrogen-bond acceptors (Lipinski definition) is 2. The molecule has 5 heteroatoms. The normalized spacial score (nSPS) is 18.4. The Morgan fingerprint density at radius 1 is 1.40 bits per heavy atom. The van der Waals surface area contributed by atoms with Crippen molar-refractivity contribution in [2.24, 2.45) is 5.92 Å². The molecule has 1 atom stereocenters. The summed E-state index contributed by atoms with van der Waals surface area (Å²) in [7, 11) is 0. The fourth-order valence-electron chi connectivity index (χ4n) is 2.29. The number of unbranched alkanes of at least 4 members (excludes halogenated alkanes) is 1. The van der Waals surface area contributed by atoms with E-state index in [2.05, 4.69) is 28.2 Å². The predicted octanol–water partition coefficient (Wildman–Crippen LogP) is 2.72. The van der Waals surface area contributed by atoms with Crippen LogP contribution in [0, 0.1) is 5.92 Å². The van der Waals surface area contributed by atoms with Crippen LogP contribution in [0.5, 0.6) is 0 Å². The topological polar surface area (TPSA) is 49.4 Å². The minimum absolute atomic E-state index is 0.00795. The van der Waals surface area contributed by atoms with Crippen LogP contribution in [0.2, 0.25) is 0 Å². The second kappa shape index (κ2) is 6.88. The highest BCUT2D eigenvalue weighted by Gasteiger charge is 2.34. The third kappa shape index (κ3) is 3.60. The molecule has 0 aromatic heterocycles. The second-order valence-electron chi connectivity index (χ2n) is 5.03. The quantitative estimate of drug-likeness (QED) is 0.839. The molecule has 2 amide bonds. The average molecular weight is 339 g/mol. The van der Waals surface area contributed by atoms with Gasteiger partial charge in [-0.2, -0.15) is 0 Å². The van der Waals surface area contributed by atoms with Crippen molar-refractivity contribution in [1.82, 2.24) is 5.32 Å². The first kappa shape index (κ1) is 15.0. The van der Waals surface area contributed by atoms with Crippen LogP contribution in [0.3, 0.4) is 0 Å². The van der Waals surface area contributed by atoms with E-state index in [-0.39, 0.29) is 17.7 Å². The van der Waals surface area contributed by atoms with Gasteiger partial charge >= 0.3 is 0 Å². The lowest BCUT2D eigenvalue weighted by Gasteiger charge is -2.16. The third-order valence-corrected chi connectivity index (χ3v) is 3.99. The van der Waals surface area contributed by atoms with E-state index in [0.717, 1.165) is 23.0 Å². The van der Waals surface area contributed by atoms with Gasteiger partial charge in [0.05, 0.1) is 5.92 Å². The largest absolute Gasteiger partial charge is 0.356 e. The van der Waals surface area contributed by atoms with Crippen molar-refractivity contribution in [2.75, 3.05) is 18.0 Å². The van der Waals surface area contributed by atoms with Gasteiger partial charge in [-0.15, -0.1) is 0 Å². The molecule has 0 radical (unpaired) electrons. The number of rotatable bonds is 5. The Kier molecular flexibility index (Phi) is 5.17. The van der Waals surface area contributed by atoms with Gasteiger partial charge in [-0.3, -0.25) is 9.59 Å².